The molecule has 0 spiro atoms. The summed E-state index contributed by atoms with van der Waals surface area (Å²) in [6, 6.07) is 0. The van der Waals surface area contributed by atoms with E-state index in [9.17, 15) is 19.2 Å². The third kappa shape index (κ3) is 8.39. The van der Waals surface area contributed by atoms with Crippen LogP contribution in [0.25, 0.3) is 0 Å². The molecule has 0 aromatic carbocycles. The Hall–Kier alpha value is -1.72. The molecule has 20 heavy (non-hydrogen) atoms. The standard InChI is InChI=1S/C14H22O6/c1-4-5-6-7-8-12(17)14(18)13(20-11(3)16)9-19-10(2)15/h13H,4-9H2,1-3H3. The van der Waals surface area contributed by atoms with E-state index in [-0.39, 0.29) is 6.42 Å². The number of carbonyl (C=O) groups is 4. The Balaban J connectivity index is 4.39. The number of esters is 2. The van der Waals surface area contributed by atoms with Crippen molar-refractivity contribution >= 4 is 23.5 Å². The molecule has 114 valence electrons. The fourth-order valence-corrected chi connectivity index (χ4v) is 1.57. The van der Waals surface area contributed by atoms with Crippen LogP contribution in [0.3, 0.4) is 0 Å². The van der Waals surface area contributed by atoms with Crippen LogP contribution in [-0.4, -0.2) is 36.2 Å². The van der Waals surface area contributed by atoms with Gasteiger partial charge in [-0.15, -0.1) is 0 Å². The number of carbonyl (C=O) groups excluding carboxylic acids is 4. The SMILES string of the molecule is CCCCCCC(=O)C(=O)C(COC(C)=O)OC(C)=O. The molecule has 0 bridgehead atoms. The fourth-order valence-electron chi connectivity index (χ4n) is 1.57. The average Bonchev–Trinajstić information content (AvgIpc) is 2.37. The molecule has 0 aromatic heterocycles. The van der Waals surface area contributed by atoms with Crippen LogP contribution < -0.4 is 0 Å². The van der Waals surface area contributed by atoms with Gasteiger partial charge in [0.15, 0.2) is 0 Å². The molecule has 0 radical (unpaired) electrons. The summed E-state index contributed by atoms with van der Waals surface area (Å²) in [5.74, 6) is -2.72. The Morgan fingerprint density at radius 3 is 2.10 bits per heavy atom. The molecule has 6 nitrogen and oxygen atoms in total. The van der Waals surface area contributed by atoms with Gasteiger partial charge in [0.25, 0.3) is 0 Å². The zero-order valence-corrected chi connectivity index (χ0v) is 12.3. The third-order valence-electron chi connectivity index (χ3n) is 2.57. The van der Waals surface area contributed by atoms with Gasteiger partial charge in [-0.2, -0.15) is 0 Å². The van der Waals surface area contributed by atoms with Crippen LogP contribution in [0.5, 0.6) is 0 Å². The van der Waals surface area contributed by atoms with Gasteiger partial charge in [0, 0.05) is 20.3 Å². The van der Waals surface area contributed by atoms with Gasteiger partial charge < -0.3 is 9.47 Å². The largest absolute Gasteiger partial charge is 0.461 e. The number of Topliss-reactive ketones (excluding diaryl/α,β-unsaturated/α-hetero) is 2. The van der Waals surface area contributed by atoms with E-state index in [0.29, 0.717) is 6.42 Å². The van der Waals surface area contributed by atoms with E-state index >= 15 is 0 Å². The minimum Gasteiger partial charge on any atom is -0.461 e. The van der Waals surface area contributed by atoms with Crippen molar-refractivity contribution in [2.24, 2.45) is 0 Å². The Morgan fingerprint density at radius 2 is 1.60 bits per heavy atom. The maximum Gasteiger partial charge on any atom is 0.303 e. The van der Waals surface area contributed by atoms with E-state index < -0.39 is 36.2 Å². The molecule has 0 saturated heterocycles. The lowest BCUT2D eigenvalue weighted by Gasteiger charge is -2.14. The number of hydrogen-bond acceptors (Lipinski definition) is 6. The van der Waals surface area contributed by atoms with Crippen molar-refractivity contribution in [2.75, 3.05) is 6.61 Å². The predicted octanol–water partition coefficient (Wildman–Crippen LogP) is 1.59. The molecule has 1 atom stereocenters. The van der Waals surface area contributed by atoms with Gasteiger partial charge in [0.05, 0.1) is 0 Å². The van der Waals surface area contributed by atoms with Crippen LogP contribution in [0.15, 0.2) is 0 Å². The van der Waals surface area contributed by atoms with Gasteiger partial charge in [0.2, 0.25) is 17.7 Å². The lowest BCUT2D eigenvalue weighted by atomic mass is 10.0. The smallest absolute Gasteiger partial charge is 0.303 e. The molecule has 0 aliphatic rings. The Bertz CT molecular complexity index is 361. The van der Waals surface area contributed by atoms with E-state index in [4.69, 9.17) is 4.74 Å². The molecular weight excluding hydrogens is 264 g/mol. The van der Waals surface area contributed by atoms with Gasteiger partial charge in [-0.3, -0.25) is 19.2 Å². The van der Waals surface area contributed by atoms with Crippen molar-refractivity contribution in [1.29, 1.82) is 0 Å². The first-order valence-corrected chi connectivity index (χ1v) is 6.76. The highest BCUT2D eigenvalue weighted by atomic mass is 16.6. The van der Waals surface area contributed by atoms with Crippen LogP contribution in [0, 0.1) is 0 Å². The minimum absolute atomic E-state index is 0.122. The third-order valence-corrected chi connectivity index (χ3v) is 2.57. The highest BCUT2D eigenvalue weighted by Crippen LogP contribution is 2.06. The van der Waals surface area contributed by atoms with Gasteiger partial charge >= 0.3 is 11.9 Å². The molecule has 0 rings (SSSR count). The first-order valence-electron chi connectivity index (χ1n) is 6.76. The fraction of sp³-hybridized carbons (Fsp3) is 0.714. The van der Waals surface area contributed by atoms with Crippen molar-refractivity contribution in [3.63, 3.8) is 0 Å². The van der Waals surface area contributed by atoms with Crippen molar-refractivity contribution in [3.05, 3.63) is 0 Å². The second kappa shape index (κ2) is 10.1. The number of ketones is 2. The van der Waals surface area contributed by atoms with Gasteiger partial charge in [0.1, 0.15) is 6.61 Å². The molecule has 0 aliphatic heterocycles. The van der Waals surface area contributed by atoms with Crippen LogP contribution >= 0.6 is 0 Å². The summed E-state index contributed by atoms with van der Waals surface area (Å²) in [5, 5.41) is 0. The van der Waals surface area contributed by atoms with E-state index in [1.54, 1.807) is 0 Å². The highest BCUT2D eigenvalue weighted by Gasteiger charge is 2.28. The molecule has 0 amide bonds. The highest BCUT2D eigenvalue weighted by molar-refractivity contribution is 6.39. The normalized spacial score (nSPS) is 11.6. The van der Waals surface area contributed by atoms with Crippen LogP contribution in [0.4, 0.5) is 0 Å². The quantitative estimate of drug-likeness (QED) is 0.344. The molecule has 1 unspecified atom stereocenters. The average molecular weight is 286 g/mol. The monoisotopic (exact) mass is 286 g/mol. The van der Waals surface area contributed by atoms with Crippen molar-refractivity contribution in [1.82, 2.24) is 0 Å². The zero-order chi connectivity index (χ0) is 15.5. The second-order valence-corrected chi connectivity index (χ2v) is 4.50. The molecule has 0 N–H and O–H groups in total. The first kappa shape index (κ1) is 18.3. The van der Waals surface area contributed by atoms with E-state index in [0.717, 1.165) is 26.2 Å². The number of hydrogen-bond donors (Lipinski definition) is 0. The lowest BCUT2D eigenvalue weighted by Crippen LogP contribution is -2.36. The summed E-state index contributed by atoms with van der Waals surface area (Å²) in [6.45, 7) is 3.92. The molecule has 0 aromatic rings. The van der Waals surface area contributed by atoms with Crippen LogP contribution in [0.1, 0.15) is 52.9 Å². The molecule has 0 aliphatic carbocycles. The van der Waals surface area contributed by atoms with Gasteiger partial charge in [-0.05, 0) is 6.42 Å². The molecule has 0 saturated carbocycles. The number of ether oxygens (including phenoxy) is 2. The predicted molar refractivity (Wildman–Crippen MR) is 71.0 cm³/mol. The lowest BCUT2D eigenvalue weighted by molar-refractivity contribution is -0.163. The maximum absolute atomic E-state index is 11.8. The maximum atomic E-state index is 11.8. The summed E-state index contributed by atoms with van der Waals surface area (Å²) in [6.07, 6.45) is 2.31. The van der Waals surface area contributed by atoms with Gasteiger partial charge in [-0.1, -0.05) is 26.2 Å². The van der Waals surface area contributed by atoms with E-state index in [2.05, 4.69) is 4.74 Å². The van der Waals surface area contributed by atoms with Crippen LogP contribution in [-0.2, 0) is 28.7 Å². The topological polar surface area (TPSA) is 86.7 Å². The number of rotatable bonds is 10. The summed E-state index contributed by atoms with van der Waals surface area (Å²) in [4.78, 5) is 45.1. The summed E-state index contributed by atoms with van der Waals surface area (Å²) in [7, 11) is 0. The van der Waals surface area contributed by atoms with E-state index in [1.165, 1.54) is 6.92 Å². The molecule has 0 fully saturated rings. The van der Waals surface area contributed by atoms with Crippen molar-refractivity contribution in [2.45, 2.75) is 59.0 Å². The van der Waals surface area contributed by atoms with Gasteiger partial charge in [-0.25, -0.2) is 0 Å². The Morgan fingerprint density at radius 1 is 0.950 bits per heavy atom. The molecule has 0 heterocycles. The minimum atomic E-state index is -1.34. The van der Waals surface area contributed by atoms with Crippen molar-refractivity contribution < 1.29 is 28.7 Å². The van der Waals surface area contributed by atoms with E-state index in [1.807, 2.05) is 6.92 Å². The Kier molecular flexibility index (Phi) is 9.24. The first-order chi connectivity index (χ1) is 9.38. The molecular formula is C14H22O6. The molecule has 6 heteroatoms. The summed E-state index contributed by atoms with van der Waals surface area (Å²) >= 11 is 0. The second-order valence-electron chi connectivity index (χ2n) is 4.50. The number of unbranched alkanes of at least 4 members (excludes halogenated alkanes) is 3. The van der Waals surface area contributed by atoms with Crippen molar-refractivity contribution in [3.8, 4) is 0 Å². The zero-order valence-electron chi connectivity index (χ0n) is 12.3. The van der Waals surface area contributed by atoms with Crippen LogP contribution in [0.2, 0.25) is 0 Å². The summed E-state index contributed by atoms with van der Waals surface area (Å²) < 4.78 is 9.35. The Labute approximate surface area is 118 Å². The summed E-state index contributed by atoms with van der Waals surface area (Å²) in [5.41, 5.74) is 0.